The van der Waals surface area contributed by atoms with E-state index in [0.717, 1.165) is 22.7 Å². The quantitative estimate of drug-likeness (QED) is 0.479. The van der Waals surface area contributed by atoms with Crippen molar-refractivity contribution in [2.24, 2.45) is 0 Å². The number of phenols is 1. The molecule has 1 amide bonds. The molecule has 6 nitrogen and oxygen atoms in total. The van der Waals surface area contributed by atoms with Gasteiger partial charge in [0, 0.05) is 16.4 Å². The number of unbranched alkanes of at least 4 members (excludes halogenated alkanes) is 1. The molecule has 1 aliphatic heterocycles. The lowest BCUT2D eigenvalue weighted by atomic mass is 9.95. The molecule has 2 aromatic carbocycles. The number of ketones is 1. The molecule has 7 heteroatoms. The number of carbonyl (C=O) groups is 2. The van der Waals surface area contributed by atoms with Crippen LogP contribution in [0.2, 0.25) is 0 Å². The molecule has 1 unspecified atom stereocenters. The summed E-state index contributed by atoms with van der Waals surface area (Å²) in [6.45, 7) is 2.40. The molecule has 1 atom stereocenters. The molecule has 0 fully saturated rings. The van der Waals surface area contributed by atoms with Crippen LogP contribution in [0.5, 0.6) is 5.75 Å². The van der Waals surface area contributed by atoms with Crippen molar-refractivity contribution >= 4 is 38.6 Å². The number of hydrogen-bond donors (Lipinski definition) is 2. The molecule has 2 N–H and O–H groups in total. The maximum Gasteiger partial charge on any atom is 0.290 e. The number of carbonyl (C=O) groups excluding carboxylic acids is 2. The van der Waals surface area contributed by atoms with Crippen molar-refractivity contribution in [1.82, 2.24) is 4.90 Å². The van der Waals surface area contributed by atoms with Crippen molar-refractivity contribution in [1.29, 1.82) is 0 Å². The fraction of sp³-hybridized carbons (Fsp3) is 0.217. The molecule has 3 aromatic rings. The number of aliphatic hydroxyl groups excluding tert-OH is 1. The first kappa shape index (κ1) is 20.2. The van der Waals surface area contributed by atoms with Crippen LogP contribution in [0.25, 0.3) is 11.0 Å². The van der Waals surface area contributed by atoms with Crippen LogP contribution in [0.3, 0.4) is 0 Å². The summed E-state index contributed by atoms with van der Waals surface area (Å²) in [5.41, 5.74) is 1.15. The maximum absolute atomic E-state index is 13.4. The average Bonchev–Trinajstić information content (AvgIpc) is 3.26. The summed E-state index contributed by atoms with van der Waals surface area (Å²) in [5.74, 6) is -1.55. The Kier molecular flexibility index (Phi) is 5.39. The minimum Gasteiger partial charge on any atom is -0.508 e. The van der Waals surface area contributed by atoms with Crippen molar-refractivity contribution in [2.45, 2.75) is 25.8 Å². The van der Waals surface area contributed by atoms with Crippen LogP contribution < -0.4 is 0 Å². The lowest BCUT2D eigenvalue weighted by Crippen LogP contribution is -2.32. The second-order valence-corrected chi connectivity index (χ2v) is 8.15. The fourth-order valence-electron chi connectivity index (χ4n) is 3.71. The third-order valence-corrected chi connectivity index (χ3v) is 5.71. The van der Waals surface area contributed by atoms with Crippen LogP contribution >= 0.6 is 15.9 Å². The molecule has 0 radical (unpaired) electrons. The van der Waals surface area contributed by atoms with Gasteiger partial charge in [0.2, 0.25) is 5.78 Å². The van der Waals surface area contributed by atoms with Gasteiger partial charge in [-0.25, -0.2) is 0 Å². The van der Waals surface area contributed by atoms with E-state index in [1.54, 1.807) is 24.3 Å². The Bertz CT molecular complexity index is 1160. The van der Waals surface area contributed by atoms with E-state index >= 15 is 0 Å². The summed E-state index contributed by atoms with van der Waals surface area (Å²) in [6, 6.07) is 12.5. The third-order valence-electron chi connectivity index (χ3n) is 5.21. The molecule has 0 spiro atoms. The minimum atomic E-state index is -0.753. The van der Waals surface area contributed by atoms with Gasteiger partial charge < -0.3 is 19.5 Å². The first-order valence-corrected chi connectivity index (χ1v) is 10.5. The Morgan fingerprint density at radius 2 is 1.87 bits per heavy atom. The largest absolute Gasteiger partial charge is 0.508 e. The van der Waals surface area contributed by atoms with Crippen LogP contribution in [-0.2, 0) is 4.79 Å². The molecule has 2 heterocycles. The van der Waals surface area contributed by atoms with Crippen molar-refractivity contribution < 1.29 is 24.2 Å². The number of fused-ring (bicyclic) bond motifs is 1. The third kappa shape index (κ3) is 3.50. The van der Waals surface area contributed by atoms with Crippen LogP contribution in [0.4, 0.5) is 0 Å². The molecule has 1 aliphatic rings. The zero-order valence-corrected chi connectivity index (χ0v) is 17.8. The molecular formula is C23H20BrNO5. The summed E-state index contributed by atoms with van der Waals surface area (Å²) >= 11 is 3.39. The summed E-state index contributed by atoms with van der Waals surface area (Å²) < 4.78 is 6.56. The van der Waals surface area contributed by atoms with Gasteiger partial charge in [-0.3, -0.25) is 9.59 Å². The molecule has 0 aliphatic carbocycles. The smallest absolute Gasteiger partial charge is 0.290 e. The van der Waals surface area contributed by atoms with Gasteiger partial charge in [-0.1, -0.05) is 41.4 Å². The van der Waals surface area contributed by atoms with Gasteiger partial charge in [0.05, 0.1) is 11.6 Å². The minimum absolute atomic E-state index is 0.0140. The average molecular weight is 470 g/mol. The van der Waals surface area contributed by atoms with Crippen molar-refractivity contribution in [3.8, 4) is 5.75 Å². The van der Waals surface area contributed by atoms with Gasteiger partial charge in [0.1, 0.15) is 11.3 Å². The summed E-state index contributed by atoms with van der Waals surface area (Å²) in [5, 5.41) is 21.0. The van der Waals surface area contributed by atoms with E-state index in [4.69, 9.17) is 4.42 Å². The second-order valence-electron chi connectivity index (χ2n) is 7.23. The van der Waals surface area contributed by atoms with Crippen LogP contribution in [-0.4, -0.2) is 33.3 Å². The molecule has 4 rings (SSSR count). The number of furan rings is 1. The number of aliphatic hydroxyl groups is 1. The lowest BCUT2D eigenvalue weighted by molar-refractivity contribution is -0.129. The van der Waals surface area contributed by atoms with Crippen molar-refractivity contribution in [2.75, 3.05) is 6.54 Å². The highest BCUT2D eigenvalue weighted by atomic mass is 79.9. The summed E-state index contributed by atoms with van der Waals surface area (Å²) in [6.07, 6.45) is 1.59. The first-order chi connectivity index (χ1) is 14.4. The Balaban J connectivity index is 1.79. The molecule has 30 heavy (non-hydrogen) atoms. The van der Waals surface area contributed by atoms with Gasteiger partial charge in [-0.05, 0) is 48.4 Å². The second kappa shape index (κ2) is 7.99. The van der Waals surface area contributed by atoms with Gasteiger partial charge in [-0.2, -0.15) is 0 Å². The number of phenolic OH excluding ortho intramolecular Hbond substituents is 1. The standard InChI is InChI=1S/C23H20BrNO5/c1-2-3-10-25-20(13-4-7-16(26)8-5-13)19(22(28)23(25)29)21(27)18-12-14-11-15(24)6-9-17(14)30-18/h4-9,11-12,20,26,28H,2-3,10H2,1H3. The SMILES string of the molecule is CCCCN1C(=O)C(O)=C(C(=O)c2cc3cc(Br)ccc3o2)C1c1ccc(O)cc1. The molecular weight excluding hydrogens is 450 g/mol. The van der Waals surface area contributed by atoms with Gasteiger partial charge in [-0.15, -0.1) is 0 Å². The van der Waals surface area contributed by atoms with E-state index in [9.17, 15) is 19.8 Å². The highest BCUT2D eigenvalue weighted by molar-refractivity contribution is 9.10. The number of nitrogens with zero attached hydrogens (tertiary/aromatic N) is 1. The lowest BCUT2D eigenvalue weighted by Gasteiger charge is -2.26. The highest BCUT2D eigenvalue weighted by Gasteiger charge is 2.44. The molecule has 154 valence electrons. The van der Waals surface area contributed by atoms with Crippen molar-refractivity contribution in [3.05, 3.63) is 75.7 Å². The first-order valence-electron chi connectivity index (χ1n) is 9.67. The molecule has 1 aromatic heterocycles. The predicted molar refractivity (Wildman–Crippen MR) is 115 cm³/mol. The number of amides is 1. The van der Waals surface area contributed by atoms with Crippen molar-refractivity contribution in [3.63, 3.8) is 0 Å². The molecule has 0 bridgehead atoms. The summed E-state index contributed by atoms with van der Waals surface area (Å²) in [7, 11) is 0. The Hall–Kier alpha value is -3.06. The van der Waals surface area contributed by atoms with E-state index < -0.39 is 23.5 Å². The summed E-state index contributed by atoms with van der Waals surface area (Å²) in [4.78, 5) is 27.7. The monoisotopic (exact) mass is 469 g/mol. The van der Waals surface area contributed by atoms with Gasteiger partial charge in [0.25, 0.3) is 5.91 Å². The predicted octanol–water partition coefficient (Wildman–Crippen LogP) is 5.28. The number of rotatable bonds is 6. The van der Waals surface area contributed by atoms with Gasteiger partial charge >= 0.3 is 0 Å². The van der Waals surface area contributed by atoms with E-state index in [1.165, 1.54) is 17.0 Å². The zero-order valence-electron chi connectivity index (χ0n) is 16.3. The zero-order chi connectivity index (χ0) is 21.4. The number of Topliss-reactive ketones (excluding diaryl/α,β-unsaturated/α-hetero) is 1. The normalized spacial score (nSPS) is 16.7. The van der Waals surface area contributed by atoms with E-state index in [1.807, 2.05) is 19.1 Å². The highest BCUT2D eigenvalue weighted by Crippen LogP contribution is 2.40. The van der Waals surface area contributed by atoms with E-state index in [0.29, 0.717) is 17.7 Å². The van der Waals surface area contributed by atoms with Gasteiger partial charge in [0.15, 0.2) is 11.5 Å². The molecule has 0 saturated heterocycles. The number of benzene rings is 2. The van der Waals surface area contributed by atoms with Crippen LogP contribution in [0.15, 0.2) is 68.8 Å². The maximum atomic E-state index is 13.4. The Labute approximate surface area is 181 Å². The van der Waals surface area contributed by atoms with E-state index in [2.05, 4.69) is 15.9 Å². The number of hydrogen-bond acceptors (Lipinski definition) is 5. The number of halogens is 1. The fourth-order valence-corrected chi connectivity index (χ4v) is 4.09. The Morgan fingerprint density at radius 1 is 1.13 bits per heavy atom. The van der Waals surface area contributed by atoms with Crippen LogP contribution in [0, 0.1) is 0 Å². The molecule has 0 saturated carbocycles. The van der Waals surface area contributed by atoms with E-state index in [-0.39, 0.29) is 17.1 Å². The topological polar surface area (TPSA) is 91.0 Å². The van der Waals surface area contributed by atoms with Crippen LogP contribution in [0.1, 0.15) is 41.9 Å². The number of aromatic hydroxyl groups is 1. The Morgan fingerprint density at radius 3 is 2.57 bits per heavy atom.